The number of ether oxygens (including phenoxy) is 1. The van der Waals surface area contributed by atoms with Crippen molar-refractivity contribution in [2.45, 2.75) is 19.9 Å². The quantitative estimate of drug-likeness (QED) is 0.453. The highest BCUT2D eigenvalue weighted by molar-refractivity contribution is 5.79. The van der Waals surface area contributed by atoms with E-state index in [0.717, 1.165) is 10.9 Å². The van der Waals surface area contributed by atoms with Crippen molar-refractivity contribution in [2.75, 3.05) is 6.61 Å². The van der Waals surface area contributed by atoms with Gasteiger partial charge in [-0.3, -0.25) is 9.78 Å². The number of benzene rings is 1. The summed E-state index contributed by atoms with van der Waals surface area (Å²) in [6.45, 7) is 3.64. The zero-order valence-electron chi connectivity index (χ0n) is 16.9. The zero-order valence-corrected chi connectivity index (χ0v) is 16.9. The number of carbonyl (C=O) groups is 1. The van der Waals surface area contributed by atoms with Gasteiger partial charge in [0.1, 0.15) is 17.4 Å². The second kappa shape index (κ2) is 8.78. The number of hydrogen-bond donors (Lipinski definition) is 1. The zero-order chi connectivity index (χ0) is 21.8. The first kappa shape index (κ1) is 20.3. The Hall–Kier alpha value is -4.01. The van der Waals surface area contributed by atoms with Crippen molar-refractivity contribution in [2.24, 2.45) is 5.92 Å². The number of fused-ring (bicyclic) bond motifs is 1. The summed E-state index contributed by atoms with van der Waals surface area (Å²) in [7, 11) is 0. The van der Waals surface area contributed by atoms with Crippen LogP contribution in [-0.2, 0) is 4.79 Å². The fourth-order valence-corrected chi connectivity index (χ4v) is 2.98. The van der Waals surface area contributed by atoms with Gasteiger partial charge in [0.2, 0.25) is 11.7 Å². The summed E-state index contributed by atoms with van der Waals surface area (Å²) in [5.74, 6) is 0.761. The van der Waals surface area contributed by atoms with Crippen LogP contribution in [0, 0.1) is 5.92 Å². The van der Waals surface area contributed by atoms with Gasteiger partial charge in [0.05, 0.1) is 0 Å². The average Bonchev–Trinajstić information content (AvgIpc) is 3.26. The Kier molecular flexibility index (Phi) is 5.74. The maximum Gasteiger partial charge on any atom is 0.336 e. The molecule has 4 aromatic rings. The van der Waals surface area contributed by atoms with Crippen LogP contribution in [0.15, 0.2) is 68.6 Å². The average molecular weight is 420 g/mol. The number of pyridine rings is 1. The van der Waals surface area contributed by atoms with Crippen LogP contribution in [0.2, 0.25) is 0 Å². The van der Waals surface area contributed by atoms with Crippen LogP contribution in [0.5, 0.6) is 5.75 Å². The van der Waals surface area contributed by atoms with Gasteiger partial charge in [-0.15, -0.1) is 0 Å². The Morgan fingerprint density at radius 3 is 2.81 bits per heavy atom. The lowest BCUT2D eigenvalue weighted by Crippen LogP contribution is -2.35. The van der Waals surface area contributed by atoms with E-state index in [1.54, 1.807) is 42.7 Å². The van der Waals surface area contributed by atoms with Crippen molar-refractivity contribution in [3.8, 4) is 17.1 Å². The topological polar surface area (TPSA) is 120 Å². The lowest BCUT2D eigenvalue weighted by molar-refractivity contribution is -0.124. The Labute approximate surface area is 177 Å². The molecule has 0 spiro atoms. The number of amides is 1. The highest BCUT2D eigenvalue weighted by Gasteiger charge is 2.25. The molecule has 1 atom stereocenters. The molecule has 0 saturated heterocycles. The van der Waals surface area contributed by atoms with E-state index in [9.17, 15) is 9.59 Å². The largest absolute Gasteiger partial charge is 0.484 e. The first-order valence-corrected chi connectivity index (χ1v) is 9.69. The van der Waals surface area contributed by atoms with Gasteiger partial charge in [-0.2, -0.15) is 4.98 Å². The second-order valence-corrected chi connectivity index (χ2v) is 7.23. The van der Waals surface area contributed by atoms with Gasteiger partial charge in [0.15, 0.2) is 6.61 Å². The lowest BCUT2D eigenvalue weighted by atomic mass is 10.0. The molecule has 31 heavy (non-hydrogen) atoms. The summed E-state index contributed by atoms with van der Waals surface area (Å²) in [5, 5.41) is 7.61. The lowest BCUT2D eigenvalue weighted by Gasteiger charge is -2.18. The maximum absolute atomic E-state index is 12.5. The van der Waals surface area contributed by atoms with E-state index in [4.69, 9.17) is 13.7 Å². The third kappa shape index (κ3) is 4.77. The first-order chi connectivity index (χ1) is 15.0. The predicted octanol–water partition coefficient (Wildman–Crippen LogP) is 3.13. The fraction of sp³-hybridized carbons (Fsp3) is 0.227. The monoisotopic (exact) mass is 420 g/mol. The molecule has 9 heteroatoms. The van der Waals surface area contributed by atoms with E-state index in [-0.39, 0.29) is 18.4 Å². The number of rotatable bonds is 7. The predicted molar refractivity (Wildman–Crippen MR) is 111 cm³/mol. The SMILES string of the molecule is CC(C)C(NC(=O)COc1ccc2ccc(=O)oc2c1)c1nc(-c2cccnc2)no1. The van der Waals surface area contributed by atoms with Gasteiger partial charge in [-0.25, -0.2) is 4.79 Å². The van der Waals surface area contributed by atoms with Crippen molar-refractivity contribution in [3.05, 3.63) is 71.2 Å². The van der Waals surface area contributed by atoms with Gasteiger partial charge in [-0.1, -0.05) is 19.0 Å². The summed E-state index contributed by atoms with van der Waals surface area (Å²) in [5.41, 5.74) is 0.657. The molecule has 0 aliphatic carbocycles. The molecular formula is C22H20N4O5. The van der Waals surface area contributed by atoms with E-state index in [0.29, 0.717) is 23.0 Å². The molecule has 9 nitrogen and oxygen atoms in total. The molecule has 4 rings (SSSR count). The van der Waals surface area contributed by atoms with E-state index in [1.807, 2.05) is 19.9 Å². The molecule has 3 heterocycles. The molecule has 1 amide bonds. The Bertz CT molecular complexity index is 1250. The molecule has 1 N–H and O–H groups in total. The minimum atomic E-state index is -0.483. The molecule has 0 fully saturated rings. The molecule has 0 bridgehead atoms. The molecule has 1 aromatic carbocycles. The van der Waals surface area contributed by atoms with E-state index < -0.39 is 11.7 Å². The molecular weight excluding hydrogens is 400 g/mol. The highest BCUT2D eigenvalue weighted by atomic mass is 16.5. The molecule has 0 saturated carbocycles. The van der Waals surface area contributed by atoms with Crippen LogP contribution >= 0.6 is 0 Å². The third-order valence-electron chi connectivity index (χ3n) is 4.58. The van der Waals surface area contributed by atoms with E-state index >= 15 is 0 Å². The van der Waals surface area contributed by atoms with Gasteiger partial charge < -0.3 is 19.0 Å². The number of aromatic nitrogens is 3. The van der Waals surface area contributed by atoms with E-state index in [2.05, 4.69) is 20.4 Å². The van der Waals surface area contributed by atoms with Crippen molar-refractivity contribution in [3.63, 3.8) is 0 Å². The maximum atomic E-state index is 12.5. The molecule has 0 aliphatic rings. The van der Waals surface area contributed by atoms with Crippen LogP contribution in [0.3, 0.4) is 0 Å². The number of nitrogens with zero attached hydrogens (tertiary/aromatic N) is 3. The number of nitrogens with one attached hydrogen (secondary N) is 1. The summed E-state index contributed by atoms with van der Waals surface area (Å²) < 4.78 is 16.1. The minimum Gasteiger partial charge on any atom is -0.484 e. The van der Waals surface area contributed by atoms with Crippen LogP contribution in [0.4, 0.5) is 0 Å². The van der Waals surface area contributed by atoms with Gasteiger partial charge >= 0.3 is 5.63 Å². The van der Waals surface area contributed by atoms with Crippen LogP contribution in [-0.4, -0.2) is 27.6 Å². The van der Waals surface area contributed by atoms with Crippen LogP contribution in [0.1, 0.15) is 25.8 Å². The summed E-state index contributed by atoms with van der Waals surface area (Å²) in [6, 6.07) is 11.2. The van der Waals surface area contributed by atoms with Crippen LogP contribution < -0.4 is 15.7 Å². The Morgan fingerprint density at radius 1 is 1.19 bits per heavy atom. The van der Waals surface area contributed by atoms with Crippen molar-refractivity contribution < 1.29 is 18.5 Å². The second-order valence-electron chi connectivity index (χ2n) is 7.23. The Morgan fingerprint density at radius 2 is 2.03 bits per heavy atom. The van der Waals surface area contributed by atoms with Gasteiger partial charge in [0, 0.05) is 35.5 Å². The summed E-state index contributed by atoms with van der Waals surface area (Å²) in [4.78, 5) is 32.3. The van der Waals surface area contributed by atoms with Gasteiger partial charge in [0.25, 0.3) is 5.91 Å². The Balaban J connectivity index is 1.42. The molecule has 3 aromatic heterocycles. The van der Waals surface area contributed by atoms with Crippen LogP contribution in [0.25, 0.3) is 22.4 Å². The molecule has 158 valence electrons. The molecule has 0 radical (unpaired) electrons. The third-order valence-corrected chi connectivity index (χ3v) is 4.58. The van der Waals surface area contributed by atoms with Gasteiger partial charge in [-0.05, 0) is 36.2 Å². The molecule has 1 unspecified atom stereocenters. The number of hydrogen-bond acceptors (Lipinski definition) is 8. The summed E-state index contributed by atoms with van der Waals surface area (Å²) >= 11 is 0. The molecule has 0 aliphatic heterocycles. The standard InChI is InChI=1S/C22H20N4O5/c1-13(2)20(22-25-21(26-31-22)15-4-3-9-23-11-15)24-18(27)12-29-16-7-5-14-6-8-19(28)30-17(14)10-16/h3-11,13,20H,12H2,1-2H3,(H,24,27). The van der Waals surface area contributed by atoms with Crippen molar-refractivity contribution in [1.82, 2.24) is 20.4 Å². The normalized spacial score (nSPS) is 12.1. The highest BCUT2D eigenvalue weighted by Crippen LogP contribution is 2.23. The van der Waals surface area contributed by atoms with Crippen molar-refractivity contribution >= 4 is 16.9 Å². The summed E-state index contributed by atoms with van der Waals surface area (Å²) in [6.07, 6.45) is 3.29. The smallest absolute Gasteiger partial charge is 0.336 e. The fourth-order valence-electron chi connectivity index (χ4n) is 2.98. The van der Waals surface area contributed by atoms with E-state index in [1.165, 1.54) is 6.07 Å². The number of carbonyl (C=O) groups excluding carboxylic acids is 1. The first-order valence-electron chi connectivity index (χ1n) is 9.69. The van der Waals surface area contributed by atoms with Crippen molar-refractivity contribution in [1.29, 1.82) is 0 Å². The minimum absolute atomic E-state index is 0.00101.